The van der Waals surface area contributed by atoms with E-state index in [9.17, 15) is 9.59 Å². The van der Waals surface area contributed by atoms with Crippen molar-refractivity contribution in [3.63, 3.8) is 0 Å². The minimum atomic E-state index is -0.0996. The van der Waals surface area contributed by atoms with Crippen LogP contribution in [0, 0.1) is 0 Å². The van der Waals surface area contributed by atoms with Gasteiger partial charge in [-0.3, -0.25) is 9.59 Å². The third-order valence-corrected chi connectivity index (χ3v) is 4.14. The summed E-state index contributed by atoms with van der Waals surface area (Å²) in [7, 11) is 0. The van der Waals surface area contributed by atoms with Gasteiger partial charge in [0.1, 0.15) is 0 Å². The fourth-order valence-electron chi connectivity index (χ4n) is 2.57. The number of hydrogen-bond donors (Lipinski definition) is 1. The van der Waals surface area contributed by atoms with Gasteiger partial charge in [0, 0.05) is 30.8 Å². The highest BCUT2D eigenvalue weighted by Crippen LogP contribution is 2.09. The molecule has 0 spiro atoms. The Morgan fingerprint density at radius 3 is 2.20 bits per heavy atom. The first-order valence-electron chi connectivity index (χ1n) is 8.87. The predicted molar refractivity (Wildman–Crippen MR) is 101 cm³/mol. The Bertz CT molecular complexity index is 681. The summed E-state index contributed by atoms with van der Waals surface area (Å²) >= 11 is 0. The molecule has 4 heteroatoms. The van der Waals surface area contributed by atoms with Gasteiger partial charge in [0.05, 0.1) is 0 Å². The monoisotopic (exact) mass is 338 g/mol. The van der Waals surface area contributed by atoms with Gasteiger partial charge in [-0.25, -0.2) is 0 Å². The second-order valence-corrected chi connectivity index (χ2v) is 5.98. The number of benzene rings is 2. The summed E-state index contributed by atoms with van der Waals surface area (Å²) in [5.74, 6) is -0.0340. The van der Waals surface area contributed by atoms with Gasteiger partial charge in [0.25, 0.3) is 11.8 Å². The summed E-state index contributed by atoms with van der Waals surface area (Å²) in [6.45, 7) is 6.07. The number of unbranched alkanes of at least 4 members (excludes halogenated alkanes) is 1. The van der Waals surface area contributed by atoms with Gasteiger partial charge in [0.15, 0.2) is 0 Å². The van der Waals surface area contributed by atoms with Crippen molar-refractivity contribution in [3.05, 3.63) is 71.3 Å². The van der Waals surface area contributed by atoms with E-state index in [0.29, 0.717) is 24.2 Å². The summed E-state index contributed by atoms with van der Waals surface area (Å²) < 4.78 is 0. The Kier molecular flexibility index (Phi) is 7.20. The maximum Gasteiger partial charge on any atom is 0.253 e. The molecule has 0 saturated heterocycles. The molecule has 25 heavy (non-hydrogen) atoms. The SMILES string of the molecule is CCCCN(CC)C(=O)c1ccc(CNC(=O)c2ccccc2)cc1. The molecule has 1 N–H and O–H groups in total. The Hall–Kier alpha value is -2.62. The van der Waals surface area contributed by atoms with E-state index < -0.39 is 0 Å². The number of nitrogens with one attached hydrogen (secondary N) is 1. The molecule has 2 rings (SSSR count). The minimum Gasteiger partial charge on any atom is -0.348 e. The molecule has 2 aromatic rings. The van der Waals surface area contributed by atoms with Gasteiger partial charge >= 0.3 is 0 Å². The maximum absolute atomic E-state index is 12.5. The Morgan fingerprint density at radius 2 is 1.60 bits per heavy atom. The minimum absolute atomic E-state index is 0.0656. The van der Waals surface area contributed by atoms with E-state index in [-0.39, 0.29) is 11.8 Å². The first-order valence-corrected chi connectivity index (χ1v) is 8.87. The number of rotatable bonds is 8. The molecule has 0 aliphatic rings. The number of hydrogen-bond acceptors (Lipinski definition) is 2. The fraction of sp³-hybridized carbons (Fsp3) is 0.333. The van der Waals surface area contributed by atoms with Crippen LogP contribution in [0.15, 0.2) is 54.6 Å². The van der Waals surface area contributed by atoms with Crippen LogP contribution in [-0.2, 0) is 6.54 Å². The van der Waals surface area contributed by atoms with Gasteiger partial charge in [-0.05, 0) is 43.2 Å². The van der Waals surface area contributed by atoms with Crippen LogP contribution in [-0.4, -0.2) is 29.8 Å². The zero-order chi connectivity index (χ0) is 18.1. The van der Waals surface area contributed by atoms with Crippen LogP contribution in [0.3, 0.4) is 0 Å². The molecule has 0 heterocycles. The van der Waals surface area contributed by atoms with Gasteiger partial charge < -0.3 is 10.2 Å². The number of carbonyl (C=O) groups excluding carboxylic acids is 2. The molecule has 0 fully saturated rings. The molecular formula is C21H26N2O2. The van der Waals surface area contributed by atoms with E-state index >= 15 is 0 Å². The van der Waals surface area contributed by atoms with E-state index in [1.807, 2.05) is 54.3 Å². The second kappa shape index (κ2) is 9.62. The van der Waals surface area contributed by atoms with Crippen molar-refractivity contribution in [2.75, 3.05) is 13.1 Å². The summed E-state index contributed by atoms with van der Waals surface area (Å²) in [5.41, 5.74) is 2.30. The van der Waals surface area contributed by atoms with Crippen molar-refractivity contribution in [1.29, 1.82) is 0 Å². The van der Waals surface area contributed by atoms with Crippen molar-refractivity contribution in [1.82, 2.24) is 10.2 Å². The lowest BCUT2D eigenvalue weighted by Crippen LogP contribution is -2.31. The van der Waals surface area contributed by atoms with Crippen LogP contribution in [0.25, 0.3) is 0 Å². The van der Waals surface area contributed by atoms with E-state index in [0.717, 1.165) is 24.9 Å². The maximum atomic E-state index is 12.5. The quantitative estimate of drug-likeness (QED) is 0.794. The predicted octanol–water partition coefficient (Wildman–Crippen LogP) is 3.88. The molecule has 2 aromatic carbocycles. The number of amides is 2. The zero-order valence-corrected chi connectivity index (χ0v) is 15.0. The lowest BCUT2D eigenvalue weighted by molar-refractivity contribution is 0.0762. The van der Waals surface area contributed by atoms with E-state index in [2.05, 4.69) is 12.2 Å². The number of carbonyl (C=O) groups is 2. The van der Waals surface area contributed by atoms with Crippen molar-refractivity contribution in [3.8, 4) is 0 Å². The zero-order valence-electron chi connectivity index (χ0n) is 15.0. The second-order valence-electron chi connectivity index (χ2n) is 5.98. The fourth-order valence-corrected chi connectivity index (χ4v) is 2.57. The Labute approximate surface area is 149 Å². The molecule has 0 unspecified atom stereocenters. The molecule has 0 aliphatic heterocycles. The van der Waals surface area contributed by atoms with E-state index in [4.69, 9.17) is 0 Å². The molecule has 0 aromatic heterocycles. The largest absolute Gasteiger partial charge is 0.348 e. The van der Waals surface area contributed by atoms with Gasteiger partial charge in [-0.15, -0.1) is 0 Å². The molecule has 0 atom stereocenters. The van der Waals surface area contributed by atoms with Gasteiger partial charge in [0.2, 0.25) is 0 Å². The normalized spacial score (nSPS) is 10.3. The third kappa shape index (κ3) is 5.45. The summed E-state index contributed by atoms with van der Waals surface area (Å²) in [5, 5.41) is 2.89. The Morgan fingerprint density at radius 1 is 0.920 bits per heavy atom. The van der Waals surface area contributed by atoms with Crippen LogP contribution in [0.1, 0.15) is 53.0 Å². The highest BCUT2D eigenvalue weighted by molar-refractivity contribution is 5.95. The topological polar surface area (TPSA) is 49.4 Å². The Balaban J connectivity index is 1.93. The average molecular weight is 338 g/mol. The van der Waals surface area contributed by atoms with E-state index in [1.54, 1.807) is 12.1 Å². The standard InChI is InChI=1S/C21H26N2O2/c1-3-5-15-23(4-2)21(25)19-13-11-17(12-14-19)16-22-20(24)18-9-7-6-8-10-18/h6-14H,3-5,15-16H2,1-2H3,(H,22,24). The smallest absolute Gasteiger partial charge is 0.253 e. The van der Waals surface area contributed by atoms with Crippen LogP contribution in [0.4, 0.5) is 0 Å². The van der Waals surface area contributed by atoms with Crippen molar-refractivity contribution in [2.24, 2.45) is 0 Å². The van der Waals surface area contributed by atoms with Gasteiger partial charge in [-0.2, -0.15) is 0 Å². The average Bonchev–Trinajstić information content (AvgIpc) is 2.67. The van der Waals surface area contributed by atoms with Crippen LogP contribution < -0.4 is 5.32 Å². The first kappa shape index (κ1) is 18.7. The van der Waals surface area contributed by atoms with Crippen LogP contribution in [0.5, 0.6) is 0 Å². The molecule has 0 radical (unpaired) electrons. The molecule has 0 saturated carbocycles. The van der Waals surface area contributed by atoms with E-state index in [1.165, 1.54) is 0 Å². The highest BCUT2D eigenvalue weighted by atomic mass is 16.2. The molecular weight excluding hydrogens is 312 g/mol. The molecule has 4 nitrogen and oxygen atoms in total. The van der Waals surface area contributed by atoms with Crippen molar-refractivity contribution in [2.45, 2.75) is 33.2 Å². The molecule has 0 bridgehead atoms. The summed E-state index contributed by atoms with van der Waals surface area (Å²) in [6.07, 6.45) is 2.09. The molecule has 2 amide bonds. The van der Waals surface area contributed by atoms with Crippen molar-refractivity contribution >= 4 is 11.8 Å². The summed E-state index contributed by atoms with van der Waals surface area (Å²) in [4.78, 5) is 26.4. The van der Waals surface area contributed by atoms with Crippen LogP contribution >= 0.6 is 0 Å². The highest BCUT2D eigenvalue weighted by Gasteiger charge is 2.13. The summed E-state index contributed by atoms with van der Waals surface area (Å²) in [6, 6.07) is 16.6. The lowest BCUT2D eigenvalue weighted by Gasteiger charge is -2.20. The first-order chi connectivity index (χ1) is 12.2. The third-order valence-electron chi connectivity index (χ3n) is 4.14. The molecule has 132 valence electrons. The van der Waals surface area contributed by atoms with Gasteiger partial charge in [-0.1, -0.05) is 43.7 Å². The number of nitrogens with zero attached hydrogens (tertiary/aromatic N) is 1. The molecule has 0 aliphatic carbocycles. The van der Waals surface area contributed by atoms with Crippen LogP contribution in [0.2, 0.25) is 0 Å². The van der Waals surface area contributed by atoms with Crippen molar-refractivity contribution < 1.29 is 9.59 Å². The lowest BCUT2D eigenvalue weighted by atomic mass is 10.1.